The first-order valence-corrected chi connectivity index (χ1v) is 13.3. The van der Waals surface area contributed by atoms with Gasteiger partial charge in [0.05, 0.1) is 34.4 Å². The lowest BCUT2D eigenvalue weighted by molar-refractivity contribution is -0.138. The SMILES string of the molecule is N#C/C(=C\c1ccc2ccc3c(/C=C(\C#N)c4ccc(C(F)(F)F)cc4)ccc4ccc1c2c43)c1ccc(C(F)(F)F)cc1. The molecule has 0 aliphatic rings. The molecule has 8 heteroatoms. The van der Waals surface area contributed by atoms with Crippen LogP contribution in [0.25, 0.3) is 55.6 Å². The number of halogens is 6. The Morgan fingerprint density at radius 2 is 0.818 bits per heavy atom. The molecule has 0 N–H and O–H groups in total. The van der Waals surface area contributed by atoms with E-state index in [-0.39, 0.29) is 11.1 Å². The Labute approximate surface area is 247 Å². The van der Waals surface area contributed by atoms with Gasteiger partial charge in [-0.2, -0.15) is 36.9 Å². The summed E-state index contributed by atoms with van der Waals surface area (Å²) in [4.78, 5) is 0. The zero-order valence-electron chi connectivity index (χ0n) is 22.6. The summed E-state index contributed by atoms with van der Waals surface area (Å²) in [7, 11) is 0. The Morgan fingerprint density at radius 3 is 1.14 bits per heavy atom. The second-order valence-electron chi connectivity index (χ2n) is 10.2. The van der Waals surface area contributed by atoms with Crippen molar-refractivity contribution < 1.29 is 26.3 Å². The zero-order valence-corrected chi connectivity index (χ0v) is 22.6. The summed E-state index contributed by atoms with van der Waals surface area (Å²) >= 11 is 0. The molecule has 6 rings (SSSR count). The molecule has 6 aromatic carbocycles. The highest BCUT2D eigenvalue weighted by molar-refractivity contribution is 6.26. The van der Waals surface area contributed by atoms with Gasteiger partial charge >= 0.3 is 12.4 Å². The van der Waals surface area contributed by atoms with E-state index in [4.69, 9.17) is 0 Å². The molecule has 0 saturated heterocycles. The van der Waals surface area contributed by atoms with Gasteiger partial charge in [0.25, 0.3) is 0 Å². The van der Waals surface area contributed by atoms with Crippen molar-refractivity contribution in [1.82, 2.24) is 0 Å². The first-order chi connectivity index (χ1) is 21.0. The van der Waals surface area contributed by atoms with Crippen LogP contribution in [-0.4, -0.2) is 0 Å². The molecule has 0 bridgehead atoms. The molecule has 2 nitrogen and oxygen atoms in total. The number of allylic oxidation sites excluding steroid dienone is 2. The van der Waals surface area contributed by atoms with Gasteiger partial charge in [0.15, 0.2) is 0 Å². The molecule has 214 valence electrons. The molecule has 0 saturated carbocycles. The molecule has 0 fully saturated rings. The predicted octanol–water partition coefficient (Wildman–Crippen LogP) is 10.7. The summed E-state index contributed by atoms with van der Waals surface area (Å²) in [6.45, 7) is 0. The second kappa shape index (κ2) is 10.6. The average molecular weight is 593 g/mol. The second-order valence-corrected chi connectivity index (χ2v) is 10.2. The first kappa shape index (κ1) is 28.5. The van der Waals surface area contributed by atoms with Gasteiger partial charge in [-0.25, -0.2) is 0 Å². The molecule has 0 aliphatic carbocycles. The lowest BCUT2D eigenvalue weighted by Gasteiger charge is -2.15. The summed E-state index contributed by atoms with van der Waals surface area (Å²) in [6, 6.07) is 28.3. The van der Waals surface area contributed by atoms with Gasteiger partial charge in [-0.1, -0.05) is 72.8 Å². The molecule has 0 amide bonds. The first-order valence-electron chi connectivity index (χ1n) is 13.3. The Kier molecular flexibility index (Phi) is 6.86. The summed E-state index contributed by atoms with van der Waals surface area (Å²) in [5.41, 5.74) is 0.906. The number of nitriles is 2. The lowest BCUT2D eigenvalue weighted by Crippen LogP contribution is -2.04. The van der Waals surface area contributed by atoms with E-state index in [9.17, 15) is 36.9 Å². The fraction of sp³-hybridized carbons (Fsp3) is 0.0556. The minimum Gasteiger partial charge on any atom is -0.192 e. The molecule has 0 aliphatic heterocycles. The van der Waals surface area contributed by atoms with E-state index in [1.165, 1.54) is 24.3 Å². The van der Waals surface area contributed by atoms with E-state index in [1.807, 2.05) is 48.5 Å². The average Bonchev–Trinajstić information content (AvgIpc) is 3.01. The number of nitrogens with zero attached hydrogens (tertiary/aromatic N) is 2. The van der Waals surface area contributed by atoms with Crippen molar-refractivity contribution in [2.45, 2.75) is 12.4 Å². The Morgan fingerprint density at radius 1 is 0.477 bits per heavy atom. The third kappa shape index (κ3) is 5.12. The molecule has 0 spiro atoms. The van der Waals surface area contributed by atoms with Crippen LogP contribution < -0.4 is 0 Å². The quantitative estimate of drug-likeness (QED) is 0.0885. The molecule has 0 radical (unpaired) electrons. The molecule has 0 heterocycles. The van der Waals surface area contributed by atoms with Crippen molar-refractivity contribution in [3.63, 3.8) is 0 Å². The fourth-order valence-corrected chi connectivity index (χ4v) is 5.45. The highest BCUT2D eigenvalue weighted by Crippen LogP contribution is 2.39. The Bertz CT molecular complexity index is 2030. The van der Waals surface area contributed by atoms with Gasteiger partial charge in [-0.3, -0.25) is 0 Å². The zero-order chi connectivity index (χ0) is 31.2. The maximum Gasteiger partial charge on any atom is 0.416 e. The minimum atomic E-state index is -4.49. The Balaban J connectivity index is 1.48. The van der Waals surface area contributed by atoms with Crippen molar-refractivity contribution in [2.24, 2.45) is 0 Å². The van der Waals surface area contributed by atoms with Crippen molar-refractivity contribution in [3.05, 3.63) is 130 Å². The summed E-state index contributed by atoms with van der Waals surface area (Å²) < 4.78 is 78.3. The van der Waals surface area contributed by atoms with E-state index < -0.39 is 23.5 Å². The molecular weight excluding hydrogens is 574 g/mol. The standard InChI is InChI=1S/C36H18F6N2/c37-35(38,39)29-11-5-21(6-12-29)27(19-43)17-25-3-1-23-9-15-32-26(4-2-24-10-16-31(25)33(23)34(24)32)18-28(20-44)22-7-13-30(14-8-22)36(40,41)42/h1-18H/b27-17+,28-18+. The number of alkyl halides is 6. The van der Waals surface area contributed by atoms with Crippen LogP contribution in [0.15, 0.2) is 97.1 Å². The van der Waals surface area contributed by atoms with E-state index in [2.05, 4.69) is 12.1 Å². The normalized spacial score (nSPS) is 13.0. The lowest BCUT2D eigenvalue weighted by atomic mass is 9.89. The molecule has 44 heavy (non-hydrogen) atoms. The Hall–Kier alpha value is -5.60. The summed E-state index contributed by atoms with van der Waals surface area (Å²) in [5, 5.41) is 25.1. The minimum absolute atomic E-state index is 0.201. The maximum atomic E-state index is 13.0. The predicted molar refractivity (Wildman–Crippen MR) is 160 cm³/mol. The van der Waals surface area contributed by atoms with Gasteiger partial charge in [-0.15, -0.1) is 0 Å². The van der Waals surface area contributed by atoms with Crippen molar-refractivity contribution in [3.8, 4) is 12.1 Å². The number of hydrogen-bond donors (Lipinski definition) is 0. The number of benzene rings is 6. The molecule has 0 aromatic heterocycles. The van der Waals surface area contributed by atoms with E-state index in [0.29, 0.717) is 22.3 Å². The van der Waals surface area contributed by atoms with Gasteiger partial charge in [-0.05, 0) is 91.0 Å². The molecular formula is C36H18F6N2. The monoisotopic (exact) mass is 592 g/mol. The third-order valence-electron chi connectivity index (χ3n) is 7.62. The smallest absolute Gasteiger partial charge is 0.192 e. The fourth-order valence-electron chi connectivity index (χ4n) is 5.45. The summed E-state index contributed by atoms with van der Waals surface area (Å²) in [6.07, 6.45) is -5.68. The van der Waals surface area contributed by atoms with Crippen LogP contribution in [0.2, 0.25) is 0 Å². The van der Waals surface area contributed by atoms with Crippen molar-refractivity contribution >= 4 is 55.6 Å². The van der Waals surface area contributed by atoms with Crippen LogP contribution in [0.5, 0.6) is 0 Å². The topological polar surface area (TPSA) is 47.6 Å². The highest BCUT2D eigenvalue weighted by atomic mass is 19.4. The van der Waals surface area contributed by atoms with Gasteiger partial charge in [0, 0.05) is 0 Å². The maximum absolute atomic E-state index is 13.0. The van der Waals surface area contributed by atoms with Crippen LogP contribution in [0, 0.1) is 22.7 Å². The van der Waals surface area contributed by atoms with Gasteiger partial charge in [0.1, 0.15) is 0 Å². The molecule has 6 aromatic rings. The largest absolute Gasteiger partial charge is 0.416 e. The van der Waals surface area contributed by atoms with E-state index >= 15 is 0 Å². The van der Waals surface area contributed by atoms with Crippen LogP contribution >= 0.6 is 0 Å². The van der Waals surface area contributed by atoms with Crippen molar-refractivity contribution in [1.29, 1.82) is 10.5 Å². The molecule has 0 unspecified atom stereocenters. The van der Waals surface area contributed by atoms with E-state index in [1.54, 1.807) is 12.2 Å². The summed E-state index contributed by atoms with van der Waals surface area (Å²) in [5.74, 6) is 0. The van der Waals surface area contributed by atoms with Crippen LogP contribution in [0.1, 0.15) is 33.4 Å². The van der Waals surface area contributed by atoms with Crippen LogP contribution in [0.4, 0.5) is 26.3 Å². The van der Waals surface area contributed by atoms with Crippen LogP contribution in [0.3, 0.4) is 0 Å². The number of rotatable bonds is 4. The highest BCUT2D eigenvalue weighted by Gasteiger charge is 2.31. The van der Waals surface area contributed by atoms with Gasteiger partial charge < -0.3 is 0 Å². The van der Waals surface area contributed by atoms with Gasteiger partial charge in [0.2, 0.25) is 0 Å². The van der Waals surface area contributed by atoms with Crippen molar-refractivity contribution in [2.75, 3.05) is 0 Å². The molecule has 0 atom stereocenters. The van der Waals surface area contributed by atoms with Crippen LogP contribution in [-0.2, 0) is 12.4 Å². The number of hydrogen-bond acceptors (Lipinski definition) is 2. The van der Waals surface area contributed by atoms with E-state index in [0.717, 1.165) is 56.6 Å². The third-order valence-corrected chi connectivity index (χ3v) is 7.62.